The second-order valence-corrected chi connectivity index (χ2v) is 5.98. The summed E-state index contributed by atoms with van der Waals surface area (Å²) < 4.78 is 0. The molecule has 0 fully saturated rings. The molecule has 2 aromatic rings. The summed E-state index contributed by atoms with van der Waals surface area (Å²) in [5, 5.41) is 21.4. The minimum Gasteiger partial charge on any atom is -0.506 e. The van der Waals surface area contributed by atoms with Crippen molar-refractivity contribution in [2.75, 3.05) is 4.90 Å². The van der Waals surface area contributed by atoms with E-state index in [0.29, 0.717) is 5.56 Å². The normalized spacial score (nSPS) is 14.7. The van der Waals surface area contributed by atoms with Crippen molar-refractivity contribution >= 4 is 40.3 Å². The van der Waals surface area contributed by atoms with Crippen LogP contribution in [0.2, 0.25) is 0 Å². The number of nitrogens with zero attached hydrogens (tertiary/aromatic N) is 2. The molecule has 8 nitrogen and oxygen atoms in total. The average molecular weight is 366 g/mol. The monoisotopic (exact) mass is 366 g/mol. The predicted molar refractivity (Wildman–Crippen MR) is 97.2 cm³/mol. The van der Waals surface area contributed by atoms with Gasteiger partial charge in [-0.05, 0) is 37.3 Å². The van der Waals surface area contributed by atoms with E-state index in [4.69, 9.17) is 0 Å². The topological polar surface area (TPSA) is 118 Å². The highest BCUT2D eigenvalue weighted by Crippen LogP contribution is 2.41. The second-order valence-electron chi connectivity index (χ2n) is 5.98. The summed E-state index contributed by atoms with van der Waals surface area (Å²) in [7, 11) is 0. The largest absolute Gasteiger partial charge is 0.506 e. The van der Waals surface area contributed by atoms with E-state index in [1.165, 1.54) is 56.3 Å². The Bertz CT molecular complexity index is 1040. The molecule has 1 heterocycles. The van der Waals surface area contributed by atoms with Gasteiger partial charge in [-0.15, -0.1) is 0 Å². The molecule has 8 heteroatoms. The molecule has 0 bridgehead atoms. The summed E-state index contributed by atoms with van der Waals surface area (Å²) in [4.78, 5) is 47.5. The summed E-state index contributed by atoms with van der Waals surface area (Å²) in [6.45, 7) is 2.58. The first-order valence-corrected chi connectivity index (χ1v) is 7.90. The molecule has 0 saturated carbocycles. The lowest BCUT2D eigenvalue weighted by atomic mass is 9.99. The number of rotatable bonds is 3. The molecule has 0 aliphatic carbocycles. The van der Waals surface area contributed by atoms with Gasteiger partial charge in [-0.25, -0.2) is 4.90 Å². The summed E-state index contributed by atoms with van der Waals surface area (Å²) in [5.74, 6) is -1.93. The van der Waals surface area contributed by atoms with E-state index < -0.39 is 22.5 Å². The number of carbonyl (C=O) groups excluding carboxylic acids is 3. The SMILES string of the molecule is CC(=O)c1ccc2c(c1)/C(=C(/O)c1ccc([N+](=O)[O-])cc1)C(=O)N2C(C)=O. The molecule has 0 unspecified atom stereocenters. The van der Waals surface area contributed by atoms with E-state index in [-0.39, 0.29) is 33.9 Å². The van der Waals surface area contributed by atoms with Crippen LogP contribution in [0.3, 0.4) is 0 Å². The molecular formula is C19H14N2O6. The van der Waals surface area contributed by atoms with Crippen molar-refractivity contribution < 1.29 is 24.4 Å². The summed E-state index contributed by atoms with van der Waals surface area (Å²) in [6.07, 6.45) is 0. The zero-order chi connectivity index (χ0) is 19.9. The molecule has 0 aromatic heterocycles. The minimum atomic E-state index is -0.728. The Labute approximate surface area is 153 Å². The van der Waals surface area contributed by atoms with Gasteiger partial charge in [-0.1, -0.05) is 0 Å². The molecular weight excluding hydrogens is 352 g/mol. The number of fused-ring (bicyclic) bond motifs is 1. The highest BCUT2D eigenvalue weighted by molar-refractivity contribution is 6.42. The molecule has 0 spiro atoms. The molecule has 0 saturated heterocycles. The van der Waals surface area contributed by atoms with E-state index in [2.05, 4.69) is 0 Å². The molecule has 27 heavy (non-hydrogen) atoms. The molecule has 136 valence electrons. The van der Waals surface area contributed by atoms with Gasteiger partial charge in [-0.3, -0.25) is 24.5 Å². The fourth-order valence-corrected chi connectivity index (χ4v) is 2.91. The smallest absolute Gasteiger partial charge is 0.269 e. The molecule has 2 amide bonds. The quantitative estimate of drug-likeness (QED) is 0.293. The minimum absolute atomic E-state index is 0.142. The Kier molecular flexibility index (Phi) is 4.32. The number of anilines is 1. The lowest BCUT2D eigenvalue weighted by Crippen LogP contribution is -2.31. The van der Waals surface area contributed by atoms with Gasteiger partial charge in [0, 0.05) is 35.7 Å². The Hall–Kier alpha value is -3.81. The Morgan fingerprint density at radius 1 is 1.04 bits per heavy atom. The van der Waals surface area contributed by atoms with E-state index in [9.17, 15) is 29.6 Å². The van der Waals surface area contributed by atoms with Crippen molar-refractivity contribution in [2.45, 2.75) is 13.8 Å². The maximum atomic E-state index is 12.8. The van der Waals surface area contributed by atoms with Crippen LogP contribution in [-0.4, -0.2) is 27.6 Å². The number of aliphatic hydroxyl groups is 1. The van der Waals surface area contributed by atoms with Crippen LogP contribution in [0, 0.1) is 10.1 Å². The summed E-state index contributed by atoms with van der Waals surface area (Å²) in [5.41, 5.74) is 0.699. The molecule has 1 N–H and O–H groups in total. The molecule has 0 radical (unpaired) electrons. The summed E-state index contributed by atoms with van der Waals surface area (Å²) in [6, 6.07) is 9.41. The standard InChI is InChI=1S/C19H14N2O6/c1-10(22)13-5-8-16-15(9-13)17(19(25)20(16)11(2)23)18(24)12-3-6-14(7-4-12)21(26)27/h3-9,24H,1-2H3/b18-17-. The van der Waals surface area contributed by atoms with Gasteiger partial charge < -0.3 is 5.11 Å². The number of hydrogen-bond donors (Lipinski definition) is 1. The highest BCUT2D eigenvalue weighted by atomic mass is 16.6. The van der Waals surface area contributed by atoms with Gasteiger partial charge in [0.15, 0.2) is 5.78 Å². The molecule has 0 atom stereocenters. The number of carbonyl (C=O) groups is 3. The number of Topliss-reactive ketones (excluding diaryl/α,β-unsaturated/α-hetero) is 1. The van der Waals surface area contributed by atoms with E-state index >= 15 is 0 Å². The van der Waals surface area contributed by atoms with Crippen LogP contribution in [0.15, 0.2) is 42.5 Å². The maximum absolute atomic E-state index is 12.8. The van der Waals surface area contributed by atoms with Crippen LogP contribution >= 0.6 is 0 Å². The third-order valence-corrected chi connectivity index (χ3v) is 4.23. The first-order chi connectivity index (χ1) is 12.7. The van der Waals surface area contributed by atoms with Gasteiger partial charge in [0.1, 0.15) is 5.76 Å². The molecule has 3 rings (SSSR count). The third kappa shape index (κ3) is 2.97. The number of non-ortho nitro benzene ring substituents is 1. The van der Waals surface area contributed by atoms with Gasteiger partial charge in [0.25, 0.3) is 11.6 Å². The van der Waals surface area contributed by atoms with Crippen molar-refractivity contribution in [2.24, 2.45) is 0 Å². The average Bonchev–Trinajstić information content (AvgIpc) is 2.92. The highest BCUT2D eigenvalue weighted by Gasteiger charge is 2.38. The van der Waals surface area contributed by atoms with Gasteiger partial charge in [0.05, 0.1) is 16.2 Å². The lowest BCUT2D eigenvalue weighted by molar-refractivity contribution is -0.384. The molecule has 1 aliphatic rings. The number of benzene rings is 2. The first-order valence-electron chi connectivity index (χ1n) is 7.90. The van der Waals surface area contributed by atoms with Gasteiger partial charge in [-0.2, -0.15) is 0 Å². The van der Waals surface area contributed by atoms with Crippen molar-refractivity contribution in [3.63, 3.8) is 0 Å². The third-order valence-electron chi connectivity index (χ3n) is 4.23. The van der Waals surface area contributed by atoms with Crippen molar-refractivity contribution in [1.29, 1.82) is 0 Å². The van der Waals surface area contributed by atoms with Crippen LogP contribution in [0.25, 0.3) is 11.3 Å². The maximum Gasteiger partial charge on any atom is 0.269 e. The Morgan fingerprint density at radius 2 is 1.63 bits per heavy atom. The van der Waals surface area contributed by atoms with Gasteiger partial charge >= 0.3 is 0 Å². The van der Waals surface area contributed by atoms with Crippen LogP contribution < -0.4 is 4.90 Å². The number of nitro groups is 1. The van der Waals surface area contributed by atoms with Crippen molar-refractivity contribution in [1.82, 2.24) is 0 Å². The van der Waals surface area contributed by atoms with E-state index in [1.807, 2.05) is 0 Å². The van der Waals surface area contributed by atoms with E-state index in [1.54, 1.807) is 0 Å². The Balaban J connectivity index is 2.22. The zero-order valence-corrected chi connectivity index (χ0v) is 14.4. The van der Waals surface area contributed by atoms with Crippen molar-refractivity contribution in [3.05, 3.63) is 69.3 Å². The fraction of sp³-hybridized carbons (Fsp3) is 0.105. The van der Waals surface area contributed by atoms with E-state index in [0.717, 1.165) is 4.90 Å². The van der Waals surface area contributed by atoms with Crippen LogP contribution in [-0.2, 0) is 9.59 Å². The van der Waals surface area contributed by atoms with Crippen molar-refractivity contribution in [3.8, 4) is 0 Å². The van der Waals surface area contributed by atoms with Gasteiger partial charge in [0.2, 0.25) is 5.91 Å². The number of aliphatic hydroxyl groups excluding tert-OH is 1. The number of hydrogen-bond acceptors (Lipinski definition) is 6. The lowest BCUT2D eigenvalue weighted by Gasteiger charge is -2.12. The van der Waals surface area contributed by atoms with Crippen LogP contribution in [0.4, 0.5) is 11.4 Å². The summed E-state index contributed by atoms with van der Waals surface area (Å²) >= 11 is 0. The number of nitro benzene ring substituents is 1. The van der Waals surface area contributed by atoms with Crippen LogP contribution in [0.5, 0.6) is 0 Å². The zero-order valence-electron chi connectivity index (χ0n) is 14.4. The number of amides is 2. The number of imide groups is 1. The molecule has 1 aliphatic heterocycles. The first kappa shape index (κ1) is 18.0. The van der Waals surface area contributed by atoms with Crippen LogP contribution in [0.1, 0.15) is 35.3 Å². The fourth-order valence-electron chi connectivity index (χ4n) is 2.91. The Morgan fingerprint density at radius 3 is 2.15 bits per heavy atom. The molecule has 2 aromatic carbocycles. The second kappa shape index (κ2) is 6.49. The predicted octanol–water partition coefficient (Wildman–Crippen LogP) is 3.12. The number of ketones is 1.